The maximum absolute atomic E-state index is 13.4. The van der Waals surface area contributed by atoms with E-state index < -0.39 is 12.1 Å². The second-order valence-electron chi connectivity index (χ2n) is 9.94. The molecule has 0 bridgehead atoms. The highest BCUT2D eigenvalue weighted by Gasteiger charge is 2.43. The van der Waals surface area contributed by atoms with Gasteiger partial charge in [-0.1, -0.05) is 26.0 Å². The lowest BCUT2D eigenvalue weighted by Crippen LogP contribution is -2.33. The summed E-state index contributed by atoms with van der Waals surface area (Å²) in [6.07, 6.45) is 2.06. The van der Waals surface area contributed by atoms with E-state index in [9.17, 15) is 9.59 Å². The summed E-state index contributed by atoms with van der Waals surface area (Å²) in [7, 11) is 0. The third kappa shape index (κ3) is 4.31. The van der Waals surface area contributed by atoms with Gasteiger partial charge in [-0.3, -0.25) is 4.79 Å². The second kappa shape index (κ2) is 8.88. The molecule has 9 nitrogen and oxygen atoms in total. The average molecular weight is 519 g/mol. The van der Waals surface area contributed by atoms with Crippen molar-refractivity contribution in [3.63, 3.8) is 0 Å². The summed E-state index contributed by atoms with van der Waals surface area (Å²) in [6.45, 7) is 6.06. The minimum atomic E-state index is -0.798. The van der Waals surface area contributed by atoms with Crippen LogP contribution in [0.25, 0.3) is 11.0 Å². The molecule has 4 aromatic rings. The fraction of sp³-hybridized carbons (Fsp3) is 0.296. The molecule has 6 rings (SSSR count). The quantitative estimate of drug-likeness (QED) is 0.261. The molecule has 190 valence electrons. The fourth-order valence-corrected chi connectivity index (χ4v) is 5.86. The first kappa shape index (κ1) is 23.5. The molecule has 2 aliphatic rings. The van der Waals surface area contributed by atoms with E-state index in [-0.39, 0.29) is 23.7 Å². The van der Waals surface area contributed by atoms with Gasteiger partial charge in [0.1, 0.15) is 11.4 Å². The molecule has 37 heavy (non-hydrogen) atoms. The van der Waals surface area contributed by atoms with E-state index in [1.165, 1.54) is 11.8 Å². The number of furan rings is 1. The number of hydrogen-bond acceptors (Lipinski definition) is 8. The number of H-pyrrole nitrogens is 2. The van der Waals surface area contributed by atoms with Gasteiger partial charge in [0, 0.05) is 29.5 Å². The summed E-state index contributed by atoms with van der Waals surface area (Å²) < 4.78 is 16.7. The third-order valence-electron chi connectivity index (χ3n) is 6.57. The van der Waals surface area contributed by atoms with Crippen LogP contribution in [0.3, 0.4) is 0 Å². The molecule has 1 aromatic carbocycles. The van der Waals surface area contributed by atoms with Crippen molar-refractivity contribution in [3.8, 4) is 5.88 Å². The van der Waals surface area contributed by atoms with Crippen LogP contribution in [0.5, 0.6) is 5.88 Å². The van der Waals surface area contributed by atoms with Gasteiger partial charge in [0.25, 0.3) is 0 Å². The Morgan fingerprint density at radius 1 is 1.22 bits per heavy atom. The summed E-state index contributed by atoms with van der Waals surface area (Å²) in [6, 6.07) is 11.6. The van der Waals surface area contributed by atoms with E-state index in [0.29, 0.717) is 35.0 Å². The molecule has 0 spiro atoms. The number of rotatable bonds is 5. The van der Waals surface area contributed by atoms with Crippen molar-refractivity contribution >= 4 is 40.4 Å². The van der Waals surface area contributed by atoms with Crippen LogP contribution in [-0.4, -0.2) is 33.5 Å². The number of nitrogens with zero attached hydrogens (tertiary/aromatic N) is 1. The molecule has 1 aliphatic heterocycles. The SMILES string of the molecule is CCOC(=O)Oc1[nH]cc2c1NC1=C(C(=O)CC(C)(C)C1)C2c1ccc(Sc2nc3ccccc3[nH]2)o1. The van der Waals surface area contributed by atoms with Gasteiger partial charge in [-0.15, -0.1) is 0 Å². The molecule has 1 unspecified atom stereocenters. The number of ketones is 1. The number of anilines is 1. The number of Topliss-reactive ketones (excluding diaryl/α,β-unsaturated/α-hetero) is 1. The maximum Gasteiger partial charge on any atom is 0.515 e. The Labute approximate surface area is 217 Å². The standard InChI is InChI=1S/C27H26N4O5S/c1-4-34-26(33)36-24-23-14(13-28-24)21(22-17(29-23)11-27(2,3)12-18(22)32)19-9-10-20(35-19)37-25-30-15-7-5-6-8-16(15)31-25/h5-10,13,21,28-29H,4,11-12H2,1-3H3,(H,30,31). The van der Waals surface area contributed by atoms with E-state index in [1.54, 1.807) is 13.1 Å². The lowest BCUT2D eigenvalue weighted by Gasteiger charge is -2.37. The topological polar surface area (TPSA) is 122 Å². The van der Waals surface area contributed by atoms with Crippen molar-refractivity contribution in [2.24, 2.45) is 5.41 Å². The Morgan fingerprint density at radius 3 is 2.86 bits per heavy atom. The predicted octanol–water partition coefficient (Wildman–Crippen LogP) is 6.37. The summed E-state index contributed by atoms with van der Waals surface area (Å²) in [4.78, 5) is 36.4. The van der Waals surface area contributed by atoms with Gasteiger partial charge in [0.05, 0.1) is 23.6 Å². The van der Waals surface area contributed by atoms with Crippen LogP contribution in [0.4, 0.5) is 10.5 Å². The zero-order valence-electron chi connectivity index (χ0n) is 20.6. The number of benzene rings is 1. The normalized spacial score (nSPS) is 18.4. The van der Waals surface area contributed by atoms with Gasteiger partial charge < -0.3 is 29.2 Å². The average Bonchev–Trinajstić information content (AvgIpc) is 3.56. The largest absolute Gasteiger partial charge is 0.515 e. The number of imidazole rings is 1. The molecule has 4 heterocycles. The zero-order chi connectivity index (χ0) is 25.7. The maximum atomic E-state index is 13.4. The Kier molecular flexibility index (Phi) is 5.63. The molecule has 0 saturated carbocycles. The number of carbonyl (C=O) groups is 2. The number of aromatic amines is 2. The van der Waals surface area contributed by atoms with Gasteiger partial charge in [-0.25, -0.2) is 9.78 Å². The van der Waals surface area contributed by atoms with Crippen molar-refractivity contribution in [1.82, 2.24) is 15.0 Å². The Morgan fingerprint density at radius 2 is 2.05 bits per heavy atom. The van der Waals surface area contributed by atoms with Gasteiger partial charge in [0.15, 0.2) is 16.0 Å². The molecule has 3 aromatic heterocycles. The van der Waals surface area contributed by atoms with E-state index in [1.807, 2.05) is 36.4 Å². The van der Waals surface area contributed by atoms with E-state index in [2.05, 4.69) is 34.1 Å². The molecule has 1 atom stereocenters. The lowest BCUT2D eigenvalue weighted by molar-refractivity contribution is -0.118. The smallest absolute Gasteiger partial charge is 0.453 e. The fourth-order valence-electron chi connectivity index (χ4n) is 5.09. The van der Waals surface area contributed by atoms with Crippen molar-refractivity contribution in [2.75, 3.05) is 11.9 Å². The number of para-hydroxylation sites is 2. The summed E-state index contributed by atoms with van der Waals surface area (Å²) in [5.41, 5.74) is 4.50. The third-order valence-corrected chi connectivity index (χ3v) is 7.38. The number of nitrogens with one attached hydrogen (secondary N) is 3. The summed E-state index contributed by atoms with van der Waals surface area (Å²) in [5, 5.41) is 4.74. The van der Waals surface area contributed by atoms with Crippen molar-refractivity contribution in [2.45, 2.75) is 49.8 Å². The number of hydrogen-bond donors (Lipinski definition) is 3. The first-order valence-corrected chi connectivity index (χ1v) is 12.9. The number of ether oxygens (including phenoxy) is 2. The van der Waals surface area contributed by atoms with Crippen LogP contribution >= 0.6 is 11.8 Å². The predicted molar refractivity (Wildman–Crippen MR) is 138 cm³/mol. The molecular formula is C27H26N4O5S. The molecule has 0 radical (unpaired) electrons. The Hall–Kier alpha value is -3.92. The monoisotopic (exact) mass is 518 g/mol. The molecule has 0 amide bonds. The van der Waals surface area contributed by atoms with Gasteiger partial charge in [-0.2, -0.15) is 0 Å². The van der Waals surface area contributed by atoms with E-state index in [0.717, 1.165) is 27.5 Å². The number of aromatic nitrogens is 3. The van der Waals surface area contributed by atoms with Crippen molar-refractivity contribution in [1.29, 1.82) is 0 Å². The number of fused-ring (bicyclic) bond motifs is 2. The van der Waals surface area contributed by atoms with Crippen molar-refractivity contribution in [3.05, 3.63) is 65.2 Å². The number of allylic oxidation sites excluding steroid dienone is 2. The van der Waals surface area contributed by atoms with Crippen LogP contribution in [-0.2, 0) is 9.53 Å². The lowest BCUT2D eigenvalue weighted by atomic mass is 9.70. The first-order chi connectivity index (χ1) is 17.8. The second-order valence-corrected chi connectivity index (χ2v) is 10.9. The van der Waals surface area contributed by atoms with E-state index >= 15 is 0 Å². The molecule has 10 heteroatoms. The molecule has 1 aliphatic carbocycles. The highest BCUT2D eigenvalue weighted by Crippen LogP contribution is 2.51. The molecular weight excluding hydrogens is 492 g/mol. The van der Waals surface area contributed by atoms with Crippen LogP contribution < -0.4 is 10.1 Å². The highest BCUT2D eigenvalue weighted by atomic mass is 32.2. The minimum absolute atomic E-state index is 0.0753. The van der Waals surface area contributed by atoms with Gasteiger partial charge in [-0.05, 0) is 54.8 Å². The van der Waals surface area contributed by atoms with Gasteiger partial charge >= 0.3 is 6.16 Å². The highest BCUT2D eigenvalue weighted by molar-refractivity contribution is 7.99. The summed E-state index contributed by atoms with van der Waals surface area (Å²) >= 11 is 1.38. The first-order valence-electron chi connectivity index (χ1n) is 12.1. The van der Waals surface area contributed by atoms with Crippen LogP contribution in [0.15, 0.2) is 68.5 Å². The Balaban J connectivity index is 1.38. The Bertz CT molecular complexity index is 1530. The van der Waals surface area contributed by atoms with Crippen LogP contribution in [0, 0.1) is 5.41 Å². The van der Waals surface area contributed by atoms with Crippen LogP contribution in [0.2, 0.25) is 0 Å². The number of carbonyl (C=O) groups excluding carboxylic acids is 2. The molecule has 0 saturated heterocycles. The van der Waals surface area contributed by atoms with Gasteiger partial charge in [0.2, 0.25) is 5.88 Å². The van der Waals surface area contributed by atoms with Crippen molar-refractivity contribution < 1.29 is 23.5 Å². The molecule has 0 fully saturated rings. The minimum Gasteiger partial charge on any atom is -0.453 e. The summed E-state index contributed by atoms with van der Waals surface area (Å²) in [5.74, 6) is 0.495. The zero-order valence-corrected chi connectivity index (χ0v) is 21.5. The molecule has 3 N–H and O–H groups in total. The van der Waals surface area contributed by atoms with E-state index in [4.69, 9.17) is 13.9 Å². The van der Waals surface area contributed by atoms with Crippen LogP contribution in [0.1, 0.15) is 50.9 Å².